The van der Waals surface area contributed by atoms with Gasteiger partial charge in [-0.25, -0.2) is 0 Å². The molecule has 134 valence electrons. The van der Waals surface area contributed by atoms with Crippen LogP contribution in [0.25, 0.3) is 0 Å². The van der Waals surface area contributed by atoms with Gasteiger partial charge >= 0.3 is 13.3 Å². The predicted molar refractivity (Wildman–Crippen MR) is 98.4 cm³/mol. The molecule has 0 amide bonds. The smallest absolute Gasteiger partial charge is 0.311 e. The molecule has 0 spiro atoms. The molecule has 0 aliphatic carbocycles. The van der Waals surface area contributed by atoms with Crippen LogP contribution < -0.4 is 20.1 Å². The molecule has 0 saturated carbocycles. The quantitative estimate of drug-likeness (QED) is 0.705. The van der Waals surface area contributed by atoms with Crippen LogP contribution in [0.1, 0.15) is 20.3 Å². The van der Waals surface area contributed by atoms with Crippen molar-refractivity contribution in [1.29, 1.82) is 0 Å². The molecule has 6 heteroatoms. The fourth-order valence-electron chi connectivity index (χ4n) is 2.33. The molecule has 0 bridgehead atoms. The molecule has 0 unspecified atom stereocenters. The number of benzene rings is 2. The van der Waals surface area contributed by atoms with Crippen molar-refractivity contribution in [1.82, 2.24) is 0 Å². The van der Waals surface area contributed by atoms with E-state index in [2.05, 4.69) is 0 Å². The third-order valence-electron chi connectivity index (χ3n) is 3.63. The van der Waals surface area contributed by atoms with E-state index in [0.29, 0.717) is 22.1 Å². The third-order valence-corrected chi connectivity index (χ3v) is 6.05. The minimum Gasteiger partial charge on any atom is -0.497 e. The molecule has 0 atom stereocenters. The predicted octanol–water partition coefficient (Wildman–Crippen LogP) is 3.52. The number of methoxy groups -OCH3 is 2. The number of hydrogen-bond donors (Lipinski definition) is 0. The summed E-state index contributed by atoms with van der Waals surface area (Å²) in [5.41, 5.74) is 0. The molecule has 0 fully saturated rings. The maximum atomic E-state index is 13.7. The first-order chi connectivity index (χ1) is 11.9. The van der Waals surface area contributed by atoms with E-state index in [4.69, 9.17) is 14.0 Å². The Morgan fingerprint density at radius 3 is 1.60 bits per heavy atom. The summed E-state index contributed by atoms with van der Waals surface area (Å²) in [4.78, 5) is 12.2. The van der Waals surface area contributed by atoms with Crippen LogP contribution in [0.15, 0.2) is 48.5 Å². The average molecular weight is 362 g/mol. The second-order valence-electron chi connectivity index (χ2n) is 6.01. The molecule has 5 nitrogen and oxygen atoms in total. The molecule has 0 aliphatic rings. The van der Waals surface area contributed by atoms with Crippen molar-refractivity contribution >= 4 is 23.9 Å². The lowest BCUT2D eigenvalue weighted by Crippen LogP contribution is -2.21. The summed E-state index contributed by atoms with van der Waals surface area (Å²) in [5, 5.41) is 0.881. The van der Waals surface area contributed by atoms with Crippen molar-refractivity contribution in [3.63, 3.8) is 0 Å². The largest absolute Gasteiger partial charge is 0.497 e. The van der Waals surface area contributed by atoms with Crippen LogP contribution >= 0.6 is 7.37 Å². The molecule has 0 radical (unpaired) electrons. The minimum absolute atomic E-state index is 0.118. The Labute approximate surface area is 148 Å². The van der Waals surface area contributed by atoms with Crippen LogP contribution in [0, 0.1) is 5.92 Å². The molecule has 2 aromatic rings. The summed E-state index contributed by atoms with van der Waals surface area (Å²) in [7, 11) is -0.445. The van der Waals surface area contributed by atoms with E-state index in [1.807, 2.05) is 13.8 Å². The number of rotatable bonds is 7. The summed E-state index contributed by atoms with van der Waals surface area (Å²) in [5.74, 6) is 0.912. The topological polar surface area (TPSA) is 61.8 Å². The molecule has 0 aliphatic heterocycles. The Morgan fingerprint density at radius 1 is 0.880 bits per heavy atom. The van der Waals surface area contributed by atoms with E-state index >= 15 is 0 Å². The van der Waals surface area contributed by atoms with Gasteiger partial charge in [-0.05, 0) is 54.4 Å². The second-order valence-corrected chi connectivity index (χ2v) is 8.33. The van der Waals surface area contributed by atoms with Crippen LogP contribution in [0.3, 0.4) is 0 Å². The van der Waals surface area contributed by atoms with Gasteiger partial charge in [0.2, 0.25) is 0 Å². The molecule has 2 aromatic carbocycles. The highest BCUT2D eigenvalue weighted by Gasteiger charge is 2.32. The van der Waals surface area contributed by atoms with Crippen molar-refractivity contribution < 1.29 is 23.4 Å². The van der Waals surface area contributed by atoms with Crippen LogP contribution in [-0.2, 0) is 13.9 Å². The fraction of sp³-hybridized carbons (Fsp3) is 0.316. The number of hydrogen-bond acceptors (Lipinski definition) is 5. The Balaban J connectivity index is 2.45. The molecule has 25 heavy (non-hydrogen) atoms. The first kappa shape index (κ1) is 19.1. The van der Waals surface area contributed by atoms with Gasteiger partial charge in [0.05, 0.1) is 24.8 Å². The Morgan fingerprint density at radius 2 is 1.28 bits per heavy atom. The van der Waals surface area contributed by atoms with Gasteiger partial charge < -0.3 is 14.0 Å². The summed E-state index contributed by atoms with van der Waals surface area (Å²) >= 11 is 0. The van der Waals surface area contributed by atoms with Crippen molar-refractivity contribution in [2.45, 2.75) is 20.3 Å². The van der Waals surface area contributed by atoms with Crippen molar-refractivity contribution in [3.8, 4) is 11.5 Å². The van der Waals surface area contributed by atoms with Gasteiger partial charge in [0.1, 0.15) is 11.5 Å². The fourth-order valence-corrected chi connectivity index (χ4v) is 4.28. The SMILES string of the molecule is COc1ccc(P(=O)(OC(=O)CC(C)C)c2ccc(OC)cc2)cc1. The molecule has 0 aromatic heterocycles. The molecule has 0 heterocycles. The van der Waals surface area contributed by atoms with Gasteiger partial charge in [-0.3, -0.25) is 9.36 Å². The van der Waals surface area contributed by atoms with Crippen molar-refractivity contribution in [2.75, 3.05) is 14.2 Å². The molecule has 2 rings (SSSR count). The van der Waals surface area contributed by atoms with Gasteiger partial charge in [0.25, 0.3) is 0 Å². The maximum Gasteiger partial charge on any atom is 0.311 e. The van der Waals surface area contributed by atoms with Crippen molar-refractivity contribution in [3.05, 3.63) is 48.5 Å². The summed E-state index contributed by atoms with van der Waals surface area (Å²) in [6.07, 6.45) is 0.205. The Bertz CT molecular complexity index is 699. The monoisotopic (exact) mass is 362 g/mol. The molecule has 0 saturated heterocycles. The summed E-state index contributed by atoms with van der Waals surface area (Å²) in [6, 6.07) is 13.4. The molecule has 0 N–H and O–H groups in total. The third kappa shape index (κ3) is 4.64. The van der Waals surface area contributed by atoms with E-state index in [1.54, 1.807) is 62.8 Å². The Kier molecular flexibility index (Phi) is 6.27. The van der Waals surface area contributed by atoms with Crippen molar-refractivity contribution in [2.24, 2.45) is 5.92 Å². The molecular formula is C19H23O5P. The first-order valence-electron chi connectivity index (χ1n) is 8.00. The maximum absolute atomic E-state index is 13.7. The summed E-state index contributed by atoms with van der Waals surface area (Å²) in [6.45, 7) is 3.82. The van der Waals surface area contributed by atoms with Gasteiger partial charge in [0, 0.05) is 6.42 Å². The van der Waals surface area contributed by atoms with Gasteiger partial charge in [-0.15, -0.1) is 0 Å². The number of ether oxygens (including phenoxy) is 2. The Hall–Kier alpha value is -2.26. The number of carbonyl (C=O) groups excluding carboxylic acids is 1. The molecular weight excluding hydrogens is 339 g/mol. The lowest BCUT2D eigenvalue weighted by atomic mass is 10.1. The van der Waals surface area contributed by atoms with E-state index < -0.39 is 13.3 Å². The lowest BCUT2D eigenvalue weighted by molar-refractivity contribution is -0.134. The highest BCUT2D eigenvalue weighted by molar-refractivity contribution is 7.74. The van der Waals surface area contributed by atoms with Gasteiger partial charge in [-0.1, -0.05) is 13.8 Å². The van der Waals surface area contributed by atoms with E-state index in [0.717, 1.165) is 0 Å². The second kappa shape index (κ2) is 8.21. The van der Waals surface area contributed by atoms with Gasteiger partial charge in [0.15, 0.2) is 0 Å². The van der Waals surface area contributed by atoms with Gasteiger partial charge in [-0.2, -0.15) is 0 Å². The van der Waals surface area contributed by atoms with Crippen LogP contribution in [0.2, 0.25) is 0 Å². The first-order valence-corrected chi connectivity index (χ1v) is 9.63. The zero-order valence-corrected chi connectivity index (χ0v) is 15.8. The highest BCUT2D eigenvalue weighted by atomic mass is 31.2. The van der Waals surface area contributed by atoms with Crippen LogP contribution in [0.5, 0.6) is 11.5 Å². The van der Waals surface area contributed by atoms with Crippen LogP contribution in [0.4, 0.5) is 0 Å². The minimum atomic E-state index is -3.56. The zero-order valence-electron chi connectivity index (χ0n) is 14.9. The standard InChI is InChI=1S/C19H23O5P/c1-14(2)13-19(20)24-25(21,17-9-5-15(22-3)6-10-17)18-11-7-16(23-4)8-12-18/h5-12,14H,13H2,1-4H3. The summed E-state index contributed by atoms with van der Waals surface area (Å²) < 4.78 is 29.5. The normalized spacial score (nSPS) is 11.2. The van der Waals surface area contributed by atoms with E-state index in [9.17, 15) is 9.36 Å². The zero-order chi connectivity index (χ0) is 18.4. The highest BCUT2D eigenvalue weighted by Crippen LogP contribution is 2.45. The van der Waals surface area contributed by atoms with Crippen LogP contribution in [-0.4, -0.2) is 20.2 Å². The van der Waals surface area contributed by atoms with E-state index in [1.165, 1.54) is 0 Å². The number of carbonyl (C=O) groups is 1. The average Bonchev–Trinajstić information content (AvgIpc) is 2.61. The van der Waals surface area contributed by atoms with E-state index in [-0.39, 0.29) is 12.3 Å². The lowest BCUT2D eigenvalue weighted by Gasteiger charge is -2.20.